The van der Waals surface area contributed by atoms with Crippen LogP contribution in [0, 0.1) is 11.8 Å². The summed E-state index contributed by atoms with van der Waals surface area (Å²) in [5.41, 5.74) is 0.738. The molecule has 10 nitrogen and oxygen atoms in total. The number of nitrogens with one attached hydrogen (secondary N) is 2. The van der Waals surface area contributed by atoms with Crippen molar-refractivity contribution in [3.05, 3.63) is 65.7 Å². The molecule has 4 rings (SSSR count). The molecule has 10 heteroatoms. The third-order valence-electron chi connectivity index (χ3n) is 7.47. The molecule has 2 amide bonds. The lowest BCUT2D eigenvalue weighted by Gasteiger charge is -2.36. The monoisotopic (exact) mass is 538 g/mol. The molecule has 2 aromatic rings. The number of carbonyl (C=O) groups excluding carboxylic acids is 4. The minimum Gasteiger partial charge on any atom is -0.507 e. The van der Waals surface area contributed by atoms with E-state index < -0.39 is 60.1 Å². The van der Waals surface area contributed by atoms with Gasteiger partial charge < -0.3 is 30.3 Å². The smallest absolute Gasteiger partial charge is 0.348 e. The number of esters is 2. The largest absolute Gasteiger partial charge is 0.507 e. The van der Waals surface area contributed by atoms with Gasteiger partial charge in [0.1, 0.15) is 17.9 Å². The van der Waals surface area contributed by atoms with Crippen molar-refractivity contribution in [3.8, 4) is 5.75 Å². The van der Waals surface area contributed by atoms with Crippen molar-refractivity contribution in [2.45, 2.75) is 69.9 Å². The molecule has 1 unspecified atom stereocenters. The van der Waals surface area contributed by atoms with E-state index in [0.29, 0.717) is 12.8 Å². The topological polar surface area (TPSA) is 151 Å². The Morgan fingerprint density at radius 3 is 2.28 bits per heavy atom. The van der Waals surface area contributed by atoms with Crippen molar-refractivity contribution >= 4 is 23.8 Å². The fourth-order valence-electron chi connectivity index (χ4n) is 4.80. The molecular formula is C29H34N2O8. The second kappa shape index (κ2) is 12.3. The van der Waals surface area contributed by atoms with Crippen molar-refractivity contribution in [3.63, 3.8) is 0 Å². The molecule has 1 heterocycles. The number of hydrogen-bond donors (Lipinski definition) is 4. The number of aliphatic hydroxyl groups is 1. The van der Waals surface area contributed by atoms with Crippen molar-refractivity contribution in [1.82, 2.24) is 10.6 Å². The molecule has 0 bridgehead atoms. The van der Waals surface area contributed by atoms with Gasteiger partial charge in [-0.15, -0.1) is 0 Å². The molecule has 1 aliphatic heterocycles. The minimum absolute atomic E-state index is 0.0642. The van der Waals surface area contributed by atoms with Crippen LogP contribution < -0.4 is 10.6 Å². The van der Waals surface area contributed by atoms with Crippen molar-refractivity contribution in [2.75, 3.05) is 0 Å². The third-order valence-corrected chi connectivity index (χ3v) is 7.47. The number of phenolic OH excluding ortho intramolecular Hbond substituents is 1. The Morgan fingerprint density at radius 2 is 1.64 bits per heavy atom. The normalized spacial score (nSPS) is 28.5. The maximum absolute atomic E-state index is 13.6. The SMILES string of the molecule is C[C@H]1OC(=O)C(C2CCC2)OC(=O)[C@H](C)[C@H](O)[C@H](Cc2ccccc2)NC(=O)[C@H]1NC(=O)c1ccccc1O. The highest BCUT2D eigenvalue weighted by atomic mass is 16.6. The number of benzene rings is 2. The quantitative estimate of drug-likeness (QED) is 0.421. The number of carbonyl (C=O) groups is 4. The maximum Gasteiger partial charge on any atom is 0.348 e. The predicted octanol–water partition coefficient (Wildman–Crippen LogP) is 1.87. The number of amides is 2. The van der Waals surface area contributed by atoms with Crippen LogP contribution in [0.4, 0.5) is 0 Å². The van der Waals surface area contributed by atoms with Crippen LogP contribution in [-0.4, -0.2) is 64.4 Å². The molecule has 0 aromatic heterocycles. The van der Waals surface area contributed by atoms with Gasteiger partial charge in [0, 0.05) is 5.92 Å². The molecule has 0 spiro atoms. The van der Waals surface area contributed by atoms with Crippen molar-refractivity contribution in [2.24, 2.45) is 11.8 Å². The molecule has 6 atom stereocenters. The van der Waals surface area contributed by atoms with E-state index >= 15 is 0 Å². The first-order chi connectivity index (χ1) is 18.7. The van der Waals surface area contributed by atoms with Crippen LogP contribution in [0.5, 0.6) is 5.75 Å². The van der Waals surface area contributed by atoms with Gasteiger partial charge in [0.15, 0.2) is 0 Å². The van der Waals surface area contributed by atoms with Gasteiger partial charge in [-0.2, -0.15) is 0 Å². The van der Waals surface area contributed by atoms with Gasteiger partial charge >= 0.3 is 11.9 Å². The van der Waals surface area contributed by atoms with Crippen molar-refractivity contribution in [1.29, 1.82) is 0 Å². The Labute approximate surface area is 226 Å². The summed E-state index contributed by atoms with van der Waals surface area (Å²) in [5, 5.41) is 26.7. The molecule has 2 aliphatic rings. The number of ether oxygens (including phenoxy) is 2. The third kappa shape index (κ3) is 6.57. The Bertz CT molecular complexity index is 1200. The summed E-state index contributed by atoms with van der Waals surface area (Å²) in [4.78, 5) is 52.8. The number of cyclic esters (lactones) is 2. The molecule has 1 saturated heterocycles. The van der Waals surface area contributed by atoms with Crippen molar-refractivity contribution < 1.29 is 38.9 Å². The highest BCUT2D eigenvalue weighted by Crippen LogP contribution is 2.33. The summed E-state index contributed by atoms with van der Waals surface area (Å²) in [6.07, 6.45) is -1.31. The van der Waals surface area contributed by atoms with Gasteiger partial charge in [-0.25, -0.2) is 4.79 Å². The summed E-state index contributed by atoms with van der Waals surface area (Å²) in [7, 11) is 0. The van der Waals surface area contributed by atoms with E-state index in [1.165, 1.54) is 26.0 Å². The molecule has 2 fully saturated rings. The van der Waals surface area contributed by atoms with E-state index in [4.69, 9.17) is 9.47 Å². The first-order valence-corrected chi connectivity index (χ1v) is 13.2. The molecule has 2 aromatic carbocycles. The Morgan fingerprint density at radius 1 is 0.974 bits per heavy atom. The number of phenols is 1. The van der Waals surface area contributed by atoms with Crippen LogP contribution in [0.3, 0.4) is 0 Å². The van der Waals surface area contributed by atoms with E-state index in [1.54, 1.807) is 12.1 Å². The van der Waals surface area contributed by atoms with Gasteiger partial charge in [0.25, 0.3) is 5.91 Å². The number of para-hydroxylation sites is 1. The number of hydrogen-bond acceptors (Lipinski definition) is 8. The minimum atomic E-state index is -1.38. The highest BCUT2D eigenvalue weighted by Gasteiger charge is 2.43. The van der Waals surface area contributed by atoms with E-state index in [-0.39, 0.29) is 23.7 Å². The fourth-order valence-corrected chi connectivity index (χ4v) is 4.80. The second-order valence-electron chi connectivity index (χ2n) is 10.2. The van der Waals surface area contributed by atoms with Crippen LogP contribution in [0.1, 0.15) is 49.0 Å². The molecule has 1 saturated carbocycles. The molecule has 1 aliphatic carbocycles. The summed E-state index contributed by atoms with van der Waals surface area (Å²) in [5.74, 6) is -4.64. The van der Waals surface area contributed by atoms with Gasteiger partial charge in [0.05, 0.1) is 23.6 Å². The van der Waals surface area contributed by atoms with Gasteiger partial charge in [-0.1, -0.05) is 48.9 Å². The lowest BCUT2D eigenvalue weighted by Crippen LogP contribution is -2.59. The number of aliphatic hydroxyl groups excluding tert-OH is 1. The van der Waals surface area contributed by atoms with Crippen LogP contribution in [-0.2, 0) is 30.3 Å². The summed E-state index contributed by atoms with van der Waals surface area (Å²) in [6.45, 7) is 2.93. The Balaban J connectivity index is 1.67. The highest BCUT2D eigenvalue weighted by molar-refractivity contribution is 6.00. The van der Waals surface area contributed by atoms with Crippen LogP contribution in [0.15, 0.2) is 54.6 Å². The zero-order chi connectivity index (χ0) is 28.1. The van der Waals surface area contributed by atoms with Crippen LogP contribution in [0.2, 0.25) is 0 Å². The molecule has 0 radical (unpaired) electrons. The number of aromatic hydroxyl groups is 1. The zero-order valence-corrected chi connectivity index (χ0v) is 21.9. The second-order valence-corrected chi connectivity index (χ2v) is 10.2. The van der Waals surface area contributed by atoms with Crippen LogP contribution in [0.25, 0.3) is 0 Å². The Hall–Kier alpha value is -3.92. The van der Waals surface area contributed by atoms with Crippen LogP contribution >= 0.6 is 0 Å². The summed E-state index contributed by atoms with van der Waals surface area (Å²) < 4.78 is 11.2. The van der Waals surface area contributed by atoms with Gasteiger partial charge in [-0.3, -0.25) is 14.4 Å². The number of rotatable bonds is 5. The lowest BCUT2D eigenvalue weighted by atomic mass is 9.81. The summed E-state index contributed by atoms with van der Waals surface area (Å²) >= 11 is 0. The fraction of sp³-hybridized carbons (Fsp3) is 0.448. The molecule has 4 N–H and O–H groups in total. The summed E-state index contributed by atoms with van der Waals surface area (Å²) in [6, 6.07) is 12.7. The first-order valence-electron chi connectivity index (χ1n) is 13.2. The average Bonchev–Trinajstić information content (AvgIpc) is 2.89. The maximum atomic E-state index is 13.6. The van der Waals surface area contributed by atoms with E-state index in [1.807, 2.05) is 30.3 Å². The molecule has 208 valence electrons. The molecular weight excluding hydrogens is 504 g/mol. The lowest BCUT2D eigenvalue weighted by molar-refractivity contribution is -0.183. The standard InChI is InChI=1S/C29H34N2O8/c1-16-24(33)21(15-18-9-4-3-5-10-18)30-27(35)23(31-26(34)20-13-6-7-14-22(20)32)17(2)38-29(37)25(39-28(16)36)19-11-8-12-19/h3-7,9-10,13-14,16-17,19,21,23-25,32-33H,8,11-12,15H2,1-2H3,(H,30,35)(H,31,34)/t16-,17-,21+,23+,24+,25?/m1/s1. The van der Waals surface area contributed by atoms with E-state index in [9.17, 15) is 29.4 Å². The first kappa shape index (κ1) is 28.1. The zero-order valence-electron chi connectivity index (χ0n) is 21.9. The van der Waals surface area contributed by atoms with E-state index in [2.05, 4.69) is 10.6 Å². The molecule has 39 heavy (non-hydrogen) atoms. The predicted molar refractivity (Wildman–Crippen MR) is 139 cm³/mol. The van der Waals surface area contributed by atoms with E-state index in [0.717, 1.165) is 12.0 Å². The van der Waals surface area contributed by atoms with Gasteiger partial charge in [0.2, 0.25) is 12.0 Å². The average molecular weight is 539 g/mol. The van der Waals surface area contributed by atoms with Gasteiger partial charge in [-0.05, 0) is 50.8 Å². The Kier molecular flexibility index (Phi) is 8.86.